The Hall–Kier alpha value is -3.98. The molecule has 2 heterocycles. The summed E-state index contributed by atoms with van der Waals surface area (Å²) in [7, 11) is 0. The lowest BCUT2D eigenvalue weighted by molar-refractivity contribution is -0.140. The third-order valence-electron chi connectivity index (χ3n) is 7.42. The molecular formula is C30H24Cl2N4O4. The summed E-state index contributed by atoms with van der Waals surface area (Å²) in [4.78, 5) is 11.6. The monoisotopic (exact) mass is 574 g/mol. The molecule has 0 radical (unpaired) electrons. The van der Waals surface area contributed by atoms with Crippen molar-refractivity contribution in [2.75, 3.05) is 0 Å². The Labute approximate surface area is 239 Å². The zero-order valence-corrected chi connectivity index (χ0v) is 22.9. The standard InChI is InChI=1S/C30H24Cl2N4O4/c1-17-26(27(37)25-16-36(35-33-25)15-18-2-11-23(31)24(32)14-18)28(40-34-17)21-5-3-19(4-6-21)20-7-9-22(10-8-20)30(12-13-30)29(38)39/h2-11,14,16,27,37H,12-13,15H2,1H3,(H,38,39). The predicted octanol–water partition coefficient (Wildman–Crippen LogP) is 6.46. The Morgan fingerprint density at radius 1 is 1.00 bits per heavy atom. The van der Waals surface area contributed by atoms with Gasteiger partial charge in [-0.25, -0.2) is 4.68 Å². The maximum atomic E-state index is 11.6. The van der Waals surface area contributed by atoms with Crippen LogP contribution in [-0.4, -0.2) is 36.3 Å². The number of aromatic nitrogens is 4. The van der Waals surface area contributed by atoms with Crippen LogP contribution >= 0.6 is 23.2 Å². The number of aliphatic carboxylic acids is 1. The van der Waals surface area contributed by atoms with Crippen LogP contribution in [0.2, 0.25) is 10.0 Å². The van der Waals surface area contributed by atoms with Crippen molar-refractivity contribution < 1.29 is 19.5 Å². The number of aliphatic hydroxyl groups excluding tert-OH is 1. The first-order valence-corrected chi connectivity index (χ1v) is 13.4. The maximum absolute atomic E-state index is 11.6. The fraction of sp³-hybridized carbons (Fsp3) is 0.200. The Bertz CT molecular complexity index is 1710. The SMILES string of the molecule is Cc1noc(-c2ccc(-c3ccc(C4(C(=O)O)CC4)cc3)cc2)c1C(O)c1cn(Cc2ccc(Cl)c(Cl)c2)nn1. The number of halogens is 2. The van der Waals surface area contributed by atoms with Crippen molar-refractivity contribution in [1.82, 2.24) is 20.2 Å². The van der Waals surface area contributed by atoms with E-state index in [0.717, 1.165) is 27.8 Å². The van der Waals surface area contributed by atoms with Crippen LogP contribution in [0.3, 0.4) is 0 Å². The summed E-state index contributed by atoms with van der Waals surface area (Å²) < 4.78 is 7.24. The molecule has 6 rings (SSSR count). The van der Waals surface area contributed by atoms with Gasteiger partial charge in [0.2, 0.25) is 0 Å². The number of carboxylic acid groups (broad SMARTS) is 1. The van der Waals surface area contributed by atoms with Crippen LogP contribution in [0.15, 0.2) is 77.4 Å². The normalized spacial score (nSPS) is 14.7. The van der Waals surface area contributed by atoms with Crippen LogP contribution < -0.4 is 0 Å². The third kappa shape index (κ3) is 4.79. The van der Waals surface area contributed by atoms with E-state index in [1.165, 1.54) is 0 Å². The molecule has 0 spiro atoms. The first-order chi connectivity index (χ1) is 19.2. The molecule has 2 aromatic heterocycles. The second-order valence-corrected chi connectivity index (χ2v) is 10.9. The van der Waals surface area contributed by atoms with Gasteiger partial charge >= 0.3 is 5.97 Å². The smallest absolute Gasteiger partial charge is 0.314 e. The molecule has 3 aromatic carbocycles. The van der Waals surface area contributed by atoms with Gasteiger partial charge in [-0.15, -0.1) is 5.10 Å². The lowest BCUT2D eigenvalue weighted by Crippen LogP contribution is -2.19. The van der Waals surface area contributed by atoms with Gasteiger partial charge in [0.05, 0.1) is 39.5 Å². The van der Waals surface area contributed by atoms with Gasteiger partial charge in [-0.3, -0.25) is 4.79 Å². The summed E-state index contributed by atoms with van der Waals surface area (Å²) in [5.74, 6) is -0.318. The van der Waals surface area contributed by atoms with E-state index in [9.17, 15) is 15.0 Å². The Kier molecular flexibility index (Phi) is 6.70. The van der Waals surface area contributed by atoms with Gasteiger partial charge in [-0.2, -0.15) is 0 Å². The van der Waals surface area contributed by atoms with Crippen LogP contribution in [0.25, 0.3) is 22.5 Å². The number of benzene rings is 3. The summed E-state index contributed by atoms with van der Waals surface area (Å²) in [5.41, 5.74) is 5.13. The lowest BCUT2D eigenvalue weighted by atomic mass is 9.93. The van der Waals surface area contributed by atoms with Gasteiger partial charge in [0.25, 0.3) is 0 Å². The van der Waals surface area contributed by atoms with Crippen molar-refractivity contribution in [3.8, 4) is 22.5 Å². The van der Waals surface area contributed by atoms with Crippen LogP contribution in [0.5, 0.6) is 0 Å². The largest absolute Gasteiger partial charge is 0.481 e. The van der Waals surface area contributed by atoms with E-state index < -0.39 is 17.5 Å². The highest BCUT2D eigenvalue weighted by molar-refractivity contribution is 6.42. The molecular weight excluding hydrogens is 551 g/mol. The van der Waals surface area contributed by atoms with Gasteiger partial charge in [-0.05, 0) is 54.2 Å². The number of nitrogens with zero attached hydrogens (tertiary/aromatic N) is 4. The Morgan fingerprint density at radius 2 is 1.65 bits per heavy atom. The first kappa shape index (κ1) is 26.3. The van der Waals surface area contributed by atoms with Gasteiger partial charge in [0.15, 0.2) is 5.76 Å². The molecule has 0 amide bonds. The highest BCUT2D eigenvalue weighted by Gasteiger charge is 2.51. The highest BCUT2D eigenvalue weighted by Crippen LogP contribution is 2.48. The molecule has 8 nitrogen and oxygen atoms in total. The van der Waals surface area contributed by atoms with E-state index in [2.05, 4.69) is 15.5 Å². The highest BCUT2D eigenvalue weighted by atomic mass is 35.5. The van der Waals surface area contributed by atoms with Crippen molar-refractivity contribution in [3.05, 3.63) is 111 Å². The van der Waals surface area contributed by atoms with Crippen LogP contribution in [0, 0.1) is 6.92 Å². The van der Waals surface area contributed by atoms with Crippen molar-refractivity contribution in [1.29, 1.82) is 0 Å². The fourth-order valence-corrected chi connectivity index (χ4v) is 5.26. The molecule has 0 bridgehead atoms. The van der Waals surface area contributed by atoms with Crippen molar-refractivity contribution >= 4 is 29.2 Å². The van der Waals surface area contributed by atoms with E-state index in [1.54, 1.807) is 29.9 Å². The lowest BCUT2D eigenvalue weighted by Gasteiger charge is -2.11. The maximum Gasteiger partial charge on any atom is 0.314 e. The molecule has 40 heavy (non-hydrogen) atoms. The van der Waals surface area contributed by atoms with E-state index in [4.69, 9.17) is 27.7 Å². The van der Waals surface area contributed by atoms with Crippen molar-refractivity contribution in [2.24, 2.45) is 0 Å². The molecule has 1 unspecified atom stereocenters. The molecule has 1 aliphatic rings. The average Bonchev–Trinajstić information content (AvgIpc) is 3.50. The molecule has 202 valence electrons. The summed E-state index contributed by atoms with van der Waals surface area (Å²) >= 11 is 12.1. The zero-order chi connectivity index (χ0) is 28.0. The third-order valence-corrected chi connectivity index (χ3v) is 8.16. The number of rotatable bonds is 8. The molecule has 0 saturated heterocycles. The number of hydrogen-bond donors (Lipinski definition) is 2. The van der Waals surface area contributed by atoms with Gasteiger partial charge in [0.1, 0.15) is 11.8 Å². The minimum atomic E-state index is -1.10. The quantitative estimate of drug-likeness (QED) is 0.218. The van der Waals surface area contributed by atoms with Gasteiger partial charge in [-0.1, -0.05) is 88.2 Å². The minimum absolute atomic E-state index is 0.360. The van der Waals surface area contributed by atoms with E-state index in [0.29, 0.717) is 52.1 Å². The fourth-order valence-electron chi connectivity index (χ4n) is 4.94. The number of aliphatic hydroxyl groups is 1. The van der Waals surface area contributed by atoms with E-state index in [1.807, 2.05) is 54.6 Å². The minimum Gasteiger partial charge on any atom is -0.481 e. The summed E-state index contributed by atoms with van der Waals surface area (Å²) in [5, 5.41) is 34.1. The van der Waals surface area contributed by atoms with Crippen molar-refractivity contribution in [2.45, 2.75) is 37.8 Å². The predicted molar refractivity (Wildman–Crippen MR) is 150 cm³/mol. The molecule has 2 N–H and O–H groups in total. The molecule has 5 aromatic rings. The second-order valence-electron chi connectivity index (χ2n) is 10.0. The first-order valence-electron chi connectivity index (χ1n) is 12.7. The number of carbonyl (C=O) groups is 1. The summed E-state index contributed by atoms with van der Waals surface area (Å²) in [6, 6.07) is 20.7. The topological polar surface area (TPSA) is 114 Å². The molecule has 1 atom stereocenters. The number of carboxylic acids is 1. The average molecular weight is 575 g/mol. The molecule has 10 heteroatoms. The van der Waals surface area contributed by atoms with E-state index >= 15 is 0 Å². The van der Waals surface area contributed by atoms with Crippen molar-refractivity contribution in [3.63, 3.8) is 0 Å². The van der Waals surface area contributed by atoms with E-state index in [-0.39, 0.29) is 0 Å². The Morgan fingerprint density at radius 3 is 2.27 bits per heavy atom. The zero-order valence-electron chi connectivity index (χ0n) is 21.4. The molecule has 0 aliphatic heterocycles. The number of hydrogen-bond acceptors (Lipinski definition) is 6. The van der Waals surface area contributed by atoms with Gasteiger partial charge in [0, 0.05) is 5.56 Å². The van der Waals surface area contributed by atoms with Gasteiger partial charge < -0.3 is 14.7 Å². The second kappa shape index (κ2) is 10.2. The Balaban J connectivity index is 1.21. The van der Waals surface area contributed by atoms with Crippen LogP contribution in [0.4, 0.5) is 0 Å². The molecule has 1 saturated carbocycles. The summed E-state index contributed by atoms with van der Waals surface area (Å²) in [6.45, 7) is 2.18. The number of aryl methyl sites for hydroxylation is 1. The van der Waals surface area contributed by atoms with Crippen LogP contribution in [-0.2, 0) is 16.8 Å². The molecule has 1 aliphatic carbocycles. The van der Waals surface area contributed by atoms with Crippen LogP contribution in [0.1, 0.15) is 47.0 Å². The summed E-state index contributed by atoms with van der Waals surface area (Å²) in [6.07, 6.45) is 1.93. The molecule has 1 fully saturated rings.